The molecule has 2 aromatic heterocycles. The smallest absolute Gasteiger partial charge is 0.101 e. The lowest BCUT2D eigenvalue weighted by atomic mass is 10.2. The molecule has 0 N–H and O–H groups in total. The molecule has 2 heterocycles. The van der Waals surface area contributed by atoms with E-state index < -0.39 is 0 Å². The van der Waals surface area contributed by atoms with Crippen LogP contribution in [-0.4, -0.2) is 12.0 Å². The first kappa shape index (κ1) is 10.7. The molecule has 0 radical (unpaired) electrons. The standard InChI is InChI=1S/C12H11N3S/c1-15(8-10-3-5-16-9-10)12-7-14-4-2-11(12)6-13/h2-5,7,9H,8H2,1H3. The van der Waals surface area contributed by atoms with Gasteiger partial charge in [-0.15, -0.1) is 0 Å². The molecule has 0 aromatic carbocycles. The minimum absolute atomic E-state index is 0.660. The van der Waals surface area contributed by atoms with Crippen LogP contribution in [0, 0.1) is 11.3 Å². The number of hydrogen-bond donors (Lipinski definition) is 0. The Hall–Kier alpha value is -1.86. The van der Waals surface area contributed by atoms with Crippen molar-refractivity contribution in [1.82, 2.24) is 4.98 Å². The van der Waals surface area contributed by atoms with Gasteiger partial charge in [0.15, 0.2) is 0 Å². The summed E-state index contributed by atoms with van der Waals surface area (Å²) in [6.07, 6.45) is 3.37. The Bertz CT molecular complexity index is 499. The highest BCUT2D eigenvalue weighted by atomic mass is 32.1. The first-order valence-electron chi connectivity index (χ1n) is 4.87. The van der Waals surface area contributed by atoms with Crippen LogP contribution in [0.15, 0.2) is 35.3 Å². The van der Waals surface area contributed by atoms with Gasteiger partial charge in [0, 0.05) is 19.8 Å². The summed E-state index contributed by atoms with van der Waals surface area (Å²) in [5, 5.41) is 13.2. The molecule has 0 aliphatic heterocycles. The van der Waals surface area contributed by atoms with Gasteiger partial charge in [-0.1, -0.05) is 0 Å². The molecule has 0 spiro atoms. The second kappa shape index (κ2) is 4.77. The lowest BCUT2D eigenvalue weighted by molar-refractivity contribution is 0.920. The van der Waals surface area contributed by atoms with E-state index in [1.165, 1.54) is 5.56 Å². The second-order valence-corrected chi connectivity index (χ2v) is 4.27. The number of hydrogen-bond acceptors (Lipinski definition) is 4. The van der Waals surface area contributed by atoms with Crippen molar-refractivity contribution in [2.75, 3.05) is 11.9 Å². The van der Waals surface area contributed by atoms with Gasteiger partial charge in [0.05, 0.1) is 17.4 Å². The van der Waals surface area contributed by atoms with E-state index in [1.807, 2.05) is 11.9 Å². The van der Waals surface area contributed by atoms with E-state index in [4.69, 9.17) is 5.26 Å². The molecule has 0 amide bonds. The predicted molar refractivity (Wildman–Crippen MR) is 65.4 cm³/mol. The van der Waals surface area contributed by atoms with Crippen molar-refractivity contribution in [3.8, 4) is 6.07 Å². The van der Waals surface area contributed by atoms with Gasteiger partial charge >= 0.3 is 0 Å². The normalized spacial score (nSPS) is 9.75. The van der Waals surface area contributed by atoms with Crippen LogP contribution >= 0.6 is 11.3 Å². The average molecular weight is 229 g/mol. The number of nitriles is 1. The third kappa shape index (κ3) is 2.20. The molecule has 16 heavy (non-hydrogen) atoms. The van der Waals surface area contributed by atoms with Gasteiger partial charge in [0.2, 0.25) is 0 Å². The predicted octanol–water partition coefficient (Wildman–Crippen LogP) is 2.65. The molecule has 2 aromatic rings. The monoisotopic (exact) mass is 229 g/mol. The number of aromatic nitrogens is 1. The maximum Gasteiger partial charge on any atom is 0.101 e. The van der Waals surface area contributed by atoms with E-state index in [0.29, 0.717) is 5.56 Å². The van der Waals surface area contributed by atoms with Gasteiger partial charge in [-0.3, -0.25) is 4.98 Å². The van der Waals surface area contributed by atoms with Gasteiger partial charge in [-0.05, 0) is 28.5 Å². The van der Waals surface area contributed by atoms with Crippen molar-refractivity contribution in [2.45, 2.75) is 6.54 Å². The highest BCUT2D eigenvalue weighted by Crippen LogP contribution is 2.19. The van der Waals surface area contributed by atoms with E-state index in [-0.39, 0.29) is 0 Å². The maximum absolute atomic E-state index is 8.99. The van der Waals surface area contributed by atoms with Crippen molar-refractivity contribution in [1.29, 1.82) is 5.26 Å². The summed E-state index contributed by atoms with van der Waals surface area (Å²) in [4.78, 5) is 6.09. The molecule has 0 fully saturated rings. The molecule has 2 rings (SSSR count). The number of pyridine rings is 1. The van der Waals surface area contributed by atoms with Crippen LogP contribution < -0.4 is 4.90 Å². The van der Waals surface area contributed by atoms with E-state index in [0.717, 1.165) is 12.2 Å². The SMILES string of the molecule is CN(Cc1ccsc1)c1cnccc1C#N. The molecule has 0 aliphatic rings. The lowest BCUT2D eigenvalue weighted by Crippen LogP contribution is -2.17. The zero-order valence-electron chi connectivity index (χ0n) is 8.92. The van der Waals surface area contributed by atoms with Crippen molar-refractivity contribution in [3.05, 3.63) is 46.4 Å². The number of rotatable bonds is 3. The summed E-state index contributed by atoms with van der Waals surface area (Å²) >= 11 is 1.68. The molecule has 3 nitrogen and oxygen atoms in total. The highest BCUT2D eigenvalue weighted by molar-refractivity contribution is 7.07. The molecular weight excluding hydrogens is 218 g/mol. The zero-order valence-corrected chi connectivity index (χ0v) is 9.74. The van der Waals surface area contributed by atoms with E-state index in [1.54, 1.807) is 29.8 Å². The Balaban J connectivity index is 2.21. The number of nitrogens with zero attached hydrogens (tertiary/aromatic N) is 3. The van der Waals surface area contributed by atoms with Crippen LogP contribution in [0.25, 0.3) is 0 Å². The Morgan fingerprint density at radius 2 is 2.38 bits per heavy atom. The summed E-state index contributed by atoms with van der Waals surface area (Å²) in [6.45, 7) is 0.796. The van der Waals surface area contributed by atoms with Crippen molar-refractivity contribution < 1.29 is 0 Å². The largest absolute Gasteiger partial charge is 0.368 e. The Morgan fingerprint density at radius 3 is 3.06 bits per heavy atom. The summed E-state index contributed by atoms with van der Waals surface area (Å²) in [5.41, 5.74) is 2.78. The quantitative estimate of drug-likeness (QED) is 0.812. The topological polar surface area (TPSA) is 39.9 Å². The van der Waals surface area contributed by atoms with Gasteiger partial charge in [0.1, 0.15) is 6.07 Å². The molecule has 0 aliphatic carbocycles. The van der Waals surface area contributed by atoms with Crippen LogP contribution in [-0.2, 0) is 6.54 Å². The molecule has 0 saturated heterocycles. The van der Waals surface area contributed by atoms with Crippen LogP contribution in [0.5, 0.6) is 0 Å². The van der Waals surface area contributed by atoms with Gasteiger partial charge < -0.3 is 4.90 Å². The van der Waals surface area contributed by atoms with Crippen molar-refractivity contribution in [2.24, 2.45) is 0 Å². The Kier molecular flexibility index (Phi) is 3.18. The Morgan fingerprint density at radius 1 is 1.50 bits per heavy atom. The highest BCUT2D eigenvalue weighted by Gasteiger charge is 2.07. The van der Waals surface area contributed by atoms with Crippen LogP contribution in [0.3, 0.4) is 0 Å². The van der Waals surface area contributed by atoms with E-state index in [9.17, 15) is 0 Å². The molecule has 0 atom stereocenters. The molecule has 0 saturated carbocycles. The molecule has 80 valence electrons. The summed E-state index contributed by atoms with van der Waals surface area (Å²) < 4.78 is 0. The fourth-order valence-corrected chi connectivity index (χ4v) is 2.19. The molecule has 0 bridgehead atoms. The minimum atomic E-state index is 0.660. The first-order valence-corrected chi connectivity index (χ1v) is 5.82. The van der Waals surface area contributed by atoms with E-state index in [2.05, 4.69) is 27.9 Å². The minimum Gasteiger partial charge on any atom is -0.368 e. The van der Waals surface area contributed by atoms with E-state index >= 15 is 0 Å². The maximum atomic E-state index is 8.99. The first-order chi connectivity index (χ1) is 7.81. The van der Waals surface area contributed by atoms with Gasteiger partial charge in [-0.25, -0.2) is 0 Å². The fraction of sp³-hybridized carbons (Fsp3) is 0.167. The summed E-state index contributed by atoms with van der Waals surface area (Å²) in [5.74, 6) is 0. The molecule has 0 unspecified atom stereocenters. The van der Waals surface area contributed by atoms with Crippen LogP contribution in [0.4, 0.5) is 5.69 Å². The zero-order chi connectivity index (χ0) is 11.4. The van der Waals surface area contributed by atoms with Gasteiger partial charge in [-0.2, -0.15) is 16.6 Å². The van der Waals surface area contributed by atoms with Crippen LogP contribution in [0.1, 0.15) is 11.1 Å². The third-order valence-electron chi connectivity index (χ3n) is 2.33. The summed E-state index contributed by atoms with van der Waals surface area (Å²) in [7, 11) is 1.97. The lowest BCUT2D eigenvalue weighted by Gasteiger charge is -2.19. The summed E-state index contributed by atoms with van der Waals surface area (Å²) in [6, 6.07) is 6.00. The van der Waals surface area contributed by atoms with Crippen LogP contribution in [0.2, 0.25) is 0 Å². The number of thiophene rings is 1. The third-order valence-corrected chi connectivity index (χ3v) is 3.06. The average Bonchev–Trinajstić information content (AvgIpc) is 2.81. The van der Waals surface area contributed by atoms with Crippen molar-refractivity contribution >= 4 is 17.0 Å². The fourth-order valence-electron chi connectivity index (χ4n) is 1.53. The van der Waals surface area contributed by atoms with Gasteiger partial charge in [0.25, 0.3) is 0 Å². The number of anilines is 1. The van der Waals surface area contributed by atoms with Crippen molar-refractivity contribution in [3.63, 3.8) is 0 Å². The second-order valence-electron chi connectivity index (χ2n) is 3.49. The molecule has 4 heteroatoms. The molecular formula is C12H11N3S. The Labute approximate surface area is 98.6 Å².